The number of ether oxygens (including phenoxy) is 1. The van der Waals surface area contributed by atoms with Gasteiger partial charge >= 0.3 is 0 Å². The smallest absolute Gasteiger partial charge is 0.276 e. The van der Waals surface area contributed by atoms with E-state index < -0.39 is 0 Å². The van der Waals surface area contributed by atoms with Crippen molar-refractivity contribution in [1.82, 2.24) is 25.1 Å². The summed E-state index contributed by atoms with van der Waals surface area (Å²) in [6, 6.07) is 0. The topological polar surface area (TPSA) is 97.1 Å². The summed E-state index contributed by atoms with van der Waals surface area (Å²) >= 11 is 0. The highest BCUT2D eigenvalue weighted by molar-refractivity contribution is 5.93. The average Bonchev–Trinajstić information content (AvgIpc) is 3.23. The maximum Gasteiger partial charge on any atom is 0.276 e. The number of oxazole rings is 1. The highest BCUT2D eigenvalue weighted by Crippen LogP contribution is 2.25. The van der Waals surface area contributed by atoms with Crippen LogP contribution in [-0.4, -0.2) is 50.7 Å². The number of hydrogen-bond donors (Lipinski definition) is 1. The number of aromatic nitrogens is 4. The van der Waals surface area contributed by atoms with E-state index >= 15 is 0 Å². The first-order valence-electron chi connectivity index (χ1n) is 8.54. The number of rotatable bonds is 3. The second-order valence-corrected chi connectivity index (χ2v) is 7.62. The van der Waals surface area contributed by atoms with Crippen LogP contribution in [0.25, 0.3) is 0 Å². The Bertz CT molecular complexity index is 744. The Kier molecular flexibility index (Phi) is 4.64. The van der Waals surface area contributed by atoms with Crippen LogP contribution in [0.5, 0.6) is 0 Å². The first kappa shape index (κ1) is 17.6. The molecular weight excluding hydrogens is 322 g/mol. The van der Waals surface area contributed by atoms with Crippen molar-refractivity contribution in [3.8, 4) is 0 Å². The van der Waals surface area contributed by atoms with Crippen LogP contribution < -0.4 is 0 Å². The Balaban J connectivity index is 1.76. The quantitative estimate of drug-likeness (QED) is 0.916. The zero-order chi connectivity index (χ0) is 18.2. The van der Waals surface area contributed by atoms with Crippen LogP contribution in [0.1, 0.15) is 74.5 Å². The van der Waals surface area contributed by atoms with Gasteiger partial charge < -0.3 is 14.1 Å². The average molecular weight is 347 g/mol. The third kappa shape index (κ3) is 3.58. The summed E-state index contributed by atoms with van der Waals surface area (Å²) < 4.78 is 11.2. The van der Waals surface area contributed by atoms with E-state index in [1.165, 1.54) is 6.39 Å². The molecule has 0 saturated carbocycles. The Morgan fingerprint density at radius 1 is 1.40 bits per heavy atom. The van der Waals surface area contributed by atoms with Gasteiger partial charge in [0.15, 0.2) is 23.7 Å². The molecule has 1 amide bonds. The van der Waals surface area contributed by atoms with Crippen LogP contribution in [-0.2, 0) is 10.2 Å². The highest BCUT2D eigenvalue weighted by atomic mass is 16.5. The molecule has 2 aromatic rings. The minimum atomic E-state index is -0.323. The van der Waals surface area contributed by atoms with Gasteiger partial charge in [0.1, 0.15) is 11.9 Å². The molecule has 0 bridgehead atoms. The summed E-state index contributed by atoms with van der Waals surface area (Å²) in [5, 5.41) is 7.22. The predicted molar refractivity (Wildman–Crippen MR) is 90.3 cm³/mol. The van der Waals surface area contributed by atoms with E-state index in [0.717, 1.165) is 5.82 Å². The molecule has 1 saturated heterocycles. The molecule has 1 aliphatic heterocycles. The summed E-state index contributed by atoms with van der Waals surface area (Å²) in [6.07, 6.45) is 1.00. The molecule has 25 heavy (non-hydrogen) atoms. The minimum Gasteiger partial charge on any atom is -0.447 e. The van der Waals surface area contributed by atoms with Gasteiger partial charge in [0.05, 0.1) is 13.2 Å². The summed E-state index contributed by atoms with van der Waals surface area (Å²) in [7, 11) is 0. The van der Waals surface area contributed by atoms with Crippen LogP contribution in [0.2, 0.25) is 0 Å². The molecule has 1 fully saturated rings. The number of carbonyl (C=O) groups excluding carboxylic acids is 1. The highest BCUT2D eigenvalue weighted by Gasteiger charge is 2.32. The molecule has 8 nitrogen and oxygen atoms in total. The van der Waals surface area contributed by atoms with Crippen LogP contribution in [0.3, 0.4) is 0 Å². The van der Waals surface area contributed by atoms with E-state index in [-0.39, 0.29) is 23.3 Å². The number of morpholine rings is 1. The van der Waals surface area contributed by atoms with Gasteiger partial charge in [-0.1, -0.05) is 34.6 Å². The zero-order valence-corrected chi connectivity index (χ0v) is 15.4. The molecule has 1 N–H and O–H groups in total. The number of nitrogens with zero attached hydrogens (tertiary/aromatic N) is 4. The lowest BCUT2D eigenvalue weighted by molar-refractivity contribution is -0.0269. The van der Waals surface area contributed by atoms with Crippen LogP contribution in [0.4, 0.5) is 0 Å². The second kappa shape index (κ2) is 6.59. The molecule has 8 heteroatoms. The van der Waals surface area contributed by atoms with E-state index in [1.807, 2.05) is 13.8 Å². The fraction of sp³-hybridized carbons (Fsp3) is 0.647. The van der Waals surface area contributed by atoms with Crippen LogP contribution >= 0.6 is 0 Å². The number of carbonyl (C=O) groups is 1. The third-order valence-corrected chi connectivity index (χ3v) is 4.15. The molecule has 0 spiro atoms. The monoisotopic (exact) mass is 347 g/mol. The maximum atomic E-state index is 12.8. The second-order valence-electron chi connectivity index (χ2n) is 7.62. The first-order chi connectivity index (χ1) is 11.8. The summed E-state index contributed by atoms with van der Waals surface area (Å²) in [5.74, 6) is 1.95. The van der Waals surface area contributed by atoms with Gasteiger partial charge in [-0.2, -0.15) is 5.10 Å². The Labute approximate surface area is 147 Å². The molecule has 1 atom stereocenters. The van der Waals surface area contributed by atoms with Crippen molar-refractivity contribution in [1.29, 1.82) is 0 Å². The molecule has 136 valence electrons. The van der Waals surface area contributed by atoms with Crippen molar-refractivity contribution >= 4 is 5.91 Å². The lowest BCUT2D eigenvalue weighted by Gasteiger charge is -2.31. The van der Waals surface area contributed by atoms with E-state index in [1.54, 1.807) is 4.90 Å². The molecule has 2 aromatic heterocycles. The molecule has 3 heterocycles. The molecule has 3 rings (SSSR count). The molecule has 1 unspecified atom stereocenters. The number of nitrogens with one attached hydrogen (secondary N) is 1. The third-order valence-electron chi connectivity index (χ3n) is 4.15. The van der Waals surface area contributed by atoms with Crippen molar-refractivity contribution in [2.45, 2.75) is 52.1 Å². The van der Waals surface area contributed by atoms with Gasteiger partial charge in [0.2, 0.25) is 0 Å². The van der Waals surface area contributed by atoms with Gasteiger partial charge in [-0.25, -0.2) is 9.97 Å². The Morgan fingerprint density at radius 3 is 2.80 bits per heavy atom. The summed E-state index contributed by atoms with van der Waals surface area (Å²) in [4.78, 5) is 23.2. The predicted octanol–water partition coefficient (Wildman–Crippen LogP) is 2.43. The van der Waals surface area contributed by atoms with Crippen LogP contribution in [0, 0.1) is 0 Å². The van der Waals surface area contributed by atoms with Crippen molar-refractivity contribution in [2.75, 3.05) is 19.7 Å². The van der Waals surface area contributed by atoms with Gasteiger partial charge in [0, 0.05) is 17.9 Å². The summed E-state index contributed by atoms with van der Waals surface area (Å²) in [5.41, 5.74) is 0.231. The molecule has 0 aromatic carbocycles. The van der Waals surface area contributed by atoms with Crippen molar-refractivity contribution < 1.29 is 13.9 Å². The largest absolute Gasteiger partial charge is 0.447 e. The lowest BCUT2D eigenvalue weighted by Crippen LogP contribution is -2.43. The number of aromatic amines is 1. The zero-order valence-electron chi connectivity index (χ0n) is 15.4. The molecule has 0 aliphatic carbocycles. The van der Waals surface area contributed by atoms with Crippen molar-refractivity contribution in [2.24, 2.45) is 0 Å². The maximum absolute atomic E-state index is 12.8. The SMILES string of the molecule is CC(C)c1ocnc1C(=O)N1CCOC(c2nc(C(C)(C)C)n[nH]2)C1. The first-order valence-corrected chi connectivity index (χ1v) is 8.54. The van der Waals surface area contributed by atoms with Crippen molar-refractivity contribution in [3.63, 3.8) is 0 Å². The summed E-state index contributed by atoms with van der Waals surface area (Å²) in [6.45, 7) is 11.5. The molecule has 1 aliphatic rings. The minimum absolute atomic E-state index is 0.0990. The fourth-order valence-corrected chi connectivity index (χ4v) is 2.73. The molecular formula is C17H25N5O3. The lowest BCUT2D eigenvalue weighted by atomic mass is 9.96. The van der Waals surface area contributed by atoms with Gasteiger partial charge in [0.25, 0.3) is 5.91 Å². The van der Waals surface area contributed by atoms with Crippen LogP contribution in [0.15, 0.2) is 10.8 Å². The van der Waals surface area contributed by atoms with E-state index in [2.05, 4.69) is 40.9 Å². The Hall–Kier alpha value is -2.22. The normalized spacial score (nSPS) is 18.8. The van der Waals surface area contributed by atoms with E-state index in [4.69, 9.17) is 9.15 Å². The van der Waals surface area contributed by atoms with Gasteiger partial charge in [-0.3, -0.25) is 9.89 Å². The van der Waals surface area contributed by atoms with E-state index in [0.29, 0.717) is 37.0 Å². The fourth-order valence-electron chi connectivity index (χ4n) is 2.73. The number of amides is 1. The Morgan fingerprint density at radius 2 is 2.16 bits per heavy atom. The van der Waals surface area contributed by atoms with Gasteiger partial charge in [-0.15, -0.1) is 0 Å². The number of hydrogen-bond acceptors (Lipinski definition) is 6. The molecule has 0 radical (unpaired) electrons. The number of H-pyrrole nitrogens is 1. The standard InChI is InChI=1S/C17H25N5O3/c1-10(2)13-12(18-9-25-13)15(23)22-6-7-24-11(8-22)14-19-16(21-20-14)17(3,4)5/h9-11H,6-8H2,1-5H3,(H,19,20,21). The van der Waals surface area contributed by atoms with Gasteiger partial charge in [-0.05, 0) is 0 Å². The van der Waals surface area contributed by atoms with E-state index in [9.17, 15) is 4.79 Å². The van der Waals surface area contributed by atoms with Crippen molar-refractivity contribution in [3.05, 3.63) is 29.5 Å².